The normalized spacial score (nSPS) is 13.2. The maximum absolute atomic E-state index is 13.2. The van der Waals surface area contributed by atoms with Crippen LogP contribution in [0.1, 0.15) is 22.3 Å². The van der Waals surface area contributed by atoms with Crippen LogP contribution in [-0.4, -0.2) is 65.4 Å². The van der Waals surface area contributed by atoms with Crippen LogP contribution >= 0.6 is 0 Å². The summed E-state index contributed by atoms with van der Waals surface area (Å²) in [5, 5.41) is 5.89. The van der Waals surface area contributed by atoms with Gasteiger partial charge in [-0.05, 0) is 42.3 Å². The molecule has 3 aromatic rings. The Balaban J connectivity index is 1.46. The maximum Gasteiger partial charge on any atom is 0.253 e. The molecule has 2 N–H and O–H groups in total. The fraction of sp³-hybridized carbons (Fsp3) is 0.333. The van der Waals surface area contributed by atoms with Crippen molar-refractivity contribution < 1.29 is 19.1 Å². The van der Waals surface area contributed by atoms with Gasteiger partial charge in [-0.15, -0.1) is 0 Å². The van der Waals surface area contributed by atoms with E-state index in [1.165, 1.54) is 0 Å². The Kier molecular flexibility index (Phi) is 9.59. The number of piperazine rings is 1. The topological polar surface area (TPSA) is 83.1 Å². The van der Waals surface area contributed by atoms with E-state index in [2.05, 4.69) is 26.5 Å². The summed E-state index contributed by atoms with van der Waals surface area (Å²) in [6.07, 6.45) is 1.03. The fourth-order valence-corrected chi connectivity index (χ4v) is 4.64. The molecule has 0 radical (unpaired) electrons. The molecule has 2 amide bonds. The highest BCUT2D eigenvalue weighted by atomic mass is 16.5. The van der Waals surface area contributed by atoms with Gasteiger partial charge in [-0.25, -0.2) is 0 Å². The lowest BCUT2D eigenvalue weighted by molar-refractivity contribution is -0.116. The van der Waals surface area contributed by atoms with E-state index < -0.39 is 0 Å². The summed E-state index contributed by atoms with van der Waals surface area (Å²) in [4.78, 5) is 30.3. The number of carbonyl (C=O) groups excluding carboxylic acids is 2. The summed E-state index contributed by atoms with van der Waals surface area (Å²) in [5.41, 5.74) is 4.18. The fourth-order valence-electron chi connectivity index (χ4n) is 4.64. The van der Waals surface area contributed by atoms with E-state index in [-0.39, 0.29) is 11.8 Å². The van der Waals surface area contributed by atoms with Crippen molar-refractivity contribution in [1.29, 1.82) is 0 Å². The van der Waals surface area contributed by atoms with Crippen molar-refractivity contribution in [3.63, 3.8) is 0 Å². The predicted octanol–water partition coefficient (Wildman–Crippen LogP) is 3.97. The number of benzene rings is 3. The molecule has 4 rings (SSSR count). The smallest absolute Gasteiger partial charge is 0.253 e. The number of aryl methyl sites for hydroxylation is 1. The first-order chi connectivity index (χ1) is 18.6. The third kappa shape index (κ3) is 7.04. The van der Waals surface area contributed by atoms with Crippen LogP contribution in [0.3, 0.4) is 0 Å². The monoisotopic (exact) mass is 516 g/mol. The SMILES string of the molecule is COCCNC(=O)c1cc(NC(=O)CCc2ccccc2)ccc1N1CCN(c2ccccc2OC)CC1. The van der Waals surface area contributed by atoms with E-state index >= 15 is 0 Å². The Morgan fingerprint density at radius 3 is 2.24 bits per heavy atom. The molecular weight excluding hydrogens is 480 g/mol. The van der Waals surface area contributed by atoms with E-state index in [0.29, 0.717) is 37.2 Å². The molecule has 200 valence electrons. The summed E-state index contributed by atoms with van der Waals surface area (Å²) in [6, 6.07) is 23.5. The lowest BCUT2D eigenvalue weighted by Gasteiger charge is -2.38. The van der Waals surface area contributed by atoms with Crippen molar-refractivity contribution >= 4 is 28.9 Å². The molecule has 1 heterocycles. The number of methoxy groups -OCH3 is 2. The minimum absolute atomic E-state index is 0.0854. The van der Waals surface area contributed by atoms with Gasteiger partial charge < -0.3 is 29.9 Å². The van der Waals surface area contributed by atoms with Crippen molar-refractivity contribution in [2.75, 3.05) is 68.7 Å². The van der Waals surface area contributed by atoms with Crippen LogP contribution in [0.15, 0.2) is 72.8 Å². The Bertz CT molecular complexity index is 1210. The minimum atomic E-state index is -0.190. The molecule has 1 fully saturated rings. The van der Waals surface area contributed by atoms with E-state index in [0.717, 1.165) is 48.9 Å². The van der Waals surface area contributed by atoms with Crippen LogP contribution in [-0.2, 0) is 16.0 Å². The number of hydrogen-bond acceptors (Lipinski definition) is 6. The largest absolute Gasteiger partial charge is 0.495 e. The van der Waals surface area contributed by atoms with Gasteiger partial charge in [0.05, 0.1) is 25.0 Å². The van der Waals surface area contributed by atoms with E-state index in [4.69, 9.17) is 9.47 Å². The zero-order valence-electron chi connectivity index (χ0n) is 22.1. The quantitative estimate of drug-likeness (QED) is 0.376. The number of carbonyl (C=O) groups is 2. The highest BCUT2D eigenvalue weighted by Crippen LogP contribution is 2.31. The molecule has 0 unspecified atom stereocenters. The molecule has 0 saturated carbocycles. The molecule has 8 nitrogen and oxygen atoms in total. The van der Waals surface area contributed by atoms with Crippen LogP contribution in [0.4, 0.5) is 17.1 Å². The second-order valence-electron chi connectivity index (χ2n) is 9.16. The van der Waals surface area contributed by atoms with Gasteiger partial charge in [0.15, 0.2) is 0 Å². The lowest BCUT2D eigenvalue weighted by Crippen LogP contribution is -2.47. The number of ether oxygens (including phenoxy) is 2. The average Bonchev–Trinajstić information content (AvgIpc) is 2.97. The first-order valence-corrected chi connectivity index (χ1v) is 13.0. The first-order valence-electron chi connectivity index (χ1n) is 13.0. The number of para-hydroxylation sites is 2. The summed E-state index contributed by atoms with van der Waals surface area (Å²) in [5.74, 6) is 0.578. The molecule has 38 heavy (non-hydrogen) atoms. The van der Waals surface area contributed by atoms with Gasteiger partial charge in [-0.3, -0.25) is 9.59 Å². The summed E-state index contributed by atoms with van der Waals surface area (Å²) in [6.45, 7) is 3.92. The van der Waals surface area contributed by atoms with E-state index in [1.807, 2.05) is 60.7 Å². The molecule has 0 spiro atoms. The summed E-state index contributed by atoms with van der Waals surface area (Å²) < 4.78 is 10.6. The van der Waals surface area contributed by atoms with Crippen LogP contribution in [0, 0.1) is 0 Å². The van der Waals surface area contributed by atoms with Gasteiger partial charge in [0.1, 0.15) is 5.75 Å². The molecule has 0 aromatic heterocycles. The van der Waals surface area contributed by atoms with Crippen LogP contribution in [0.25, 0.3) is 0 Å². The van der Waals surface area contributed by atoms with Gasteiger partial charge in [0.2, 0.25) is 5.91 Å². The Hall–Kier alpha value is -4.04. The highest BCUT2D eigenvalue weighted by Gasteiger charge is 2.23. The highest BCUT2D eigenvalue weighted by molar-refractivity contribution is 6.02. The first kappa shape index (κ1) is 27.0. The Morgan fingerprint density at radius 1 is 0.842 bits per heavy atom. The molecule has 0 bridgehead atoms. The molecule has 1 aliphatic heterocycles. The van der Waals surface area contributed by atoms with E-state index in [1.54, 1.807) is 20.3 Å². The Morgan fingerprint density at radius 2 is 1.53 bits per heavy atom. The van der Waals surface area contributed by atoms with Crippen LogP contribution in [0.5, 0.6) is 5.75 Å². The Labute approximate surface area is 224 Å². The van der Waals surface area contributed by atoms with Crippen LogP contribution in [0.2, 0.25) is 0 Å². The number of amides is 2. The van der Waals surface area contributed by atoms with Gasteiger partial charge >= 0.3 is 0 Å². The third-order valence-corrected chi connectivity index (χ3v) is 6.65. The second kappa shape index (κ2) is 13.5. The molecule has 0 atom stereocenters. The molecule has 3 aromatic carbocycles. The van der Waals surface area contributed by atoms with Gasteiger partial charge in [-0.1, -0.05) is 42.5 Å². The lowest BCUT2D eigenvalue weighted by atomic mass is 10.1. The number of nitrogens with zero attached hydrogens (tertiary/aromatic N) is 2. The van der Waals surface area contributed by atoms with Gasteiger partial charge in [0.25, 0.3) is 5.91 Å². The van der Waals surface area contributed by atoms with Gasteiger partial charge in [0, 0.05) is 57.6 Å². The molecule has 1 aliphatic rings. The van der Waals surface area contributed by atoms with Crippen molar-refractivity contribution in [2.24, 2.45) is 0 Å². The van der Waals surface area contributed by atoms with Gasteiger partial charge in [-0.2, -0.15) is 0 Å². The minimum Gasteiger partial charge on any atom is -0.495 e. The zero-order chi connectivity index (χ0) is 26.7. The van der Waals surface area contributed by atoms with Crippen LogP contribution < -0.4 is 25.2 Å². The molecule has 0 aliphatic carbocycles. The van der Waals surface area contributed by atoms with E-state index in [9.17, 15) is 9.59 Å². The molecule has 1 saturated heterocycles. The summed E-state index contributed by atoms with van der Waals surface area (Å²) in [7, 11) is 3.29. The average molecular weight is 517 g/mol. The molecule has 8 heteroatoms. The standard InChI is InChI=1S/C30H36N4O4/c1-37-21-16-31-30(36)25-22-24(32-29(35)15-12-23-8-4-3-5-9-23)13-14-26(25)33-17-19-34(20-18-33)27-10-6-7-11-28(27)38-2/h3-11,13-14,22H,12,15-21H2,1-2H3,(H,31,36)(H,32,35). The second-order valence-corrected chi connectivity index (χ2v) is 9.16. The third-order valence-electron chi connectivity index (χ3n) is 6.65. The summed E-state index contributed by atoms with van der Waals surface area (Å²) >= 11 is 0. The van der Waals surface area contributed by atoms with Crippen molar-refractivity contribution in [1.82, 2.24) is 5.32 Å². The molecular formula is C30H36N4O4. The van der Waals surface area contributed by atoms with Crippen molar-refractivity contribution in [2.45, 2.75) is 12.8 Å². The van der Waals surface area contributed by atoms with Crippen molar-refractivity contribution in [3.05, 3.63) is 83.9 Å². The maximum atomic E-state index is 13.2. The number of anilines is 3. The number of rotatable bonds is 11. The number of hydrogen-bond donors (Lipinski definition) is 2. The van der Waals surface area contributed by atoms with Crippen molar-refractivity contribution in [3.8, 4) is 5.75 Å². The predicted molar refractivity (Wildman–Crippen MR) is 151 cm³/mol. The number of nitrogens with one attached hydrogen (secondary N) is 2. The zero-order valence-corrected chi connectivity index (χ0v) is 22.1.